The summed E-state index contributed by atoms with van der Waals surface area (Å²) in [7, 11) is 0. The first-order chi connectivity index (χ1) is 15.2. The number of piperidine rings is 1. The third kappa shape index (κ3) is 5.46. The van der Waals surface area contributed by atoms with E-state index < -0.39 is 11.6 Å². The second kappa shape index (κ2) is 10.9. The molecular weight excluding hydrogens is 394 g/mol. The van der Waals surface area contributed by atoms with Crippen molar-refractivity contribution in [1.82, 2.24) is 19.8 Å². The predicted molar refractivity (Wildman–Crippen MR) is 122 cm³/mol. The molecule has 6 heteroatoms. The number of likely N-dealkylation sites (N-methyl/N-ethyl adjacent to an activating group) is 1. The van der Waals surface area contributed by atoms with Crippen LogP contribution in [0, 0.1) is 17.6 Å². The maximum atomic E-state index is 14.8. The van der Waals surface area contributed by atoms with E-state index in [4.69, 9.17) is 4.98 Å². The van der Waals surface area contributed by atoms with Crippen molar-refractivity contribution < 1.29 is 8.78 Å². The number of nitrogens with one attached hydrogen (secondary N) is 1. The zero-order valence-electron chi connectivity index (χ0n) is 19.0. The van der Waals surface area contributed by atoms with Gasteiger partial charge in [-0.2, -0.15) is 0 Å². The molecule has 2 fully saturated rings. The molecule has 1 saturated heterocycles. The van der Waals surface area contributed by atoms with Crippen molar-refractivity contribution in [3.8, 4) is 0 Å². The molecule has 2 aromatic rings. The van der Waals surface area contributed by atoms with E-state index in [2.05, 4.69) is 17.1 Å². The van der Waals surface area contributed by atoms with E-state index >= 15 is 0 Å². The molecular formula is C25H38F2N4. The smallest absolute Gasteiger partial charge is 0.184 e. The lowest BCUT2D eigenvalue weighted by Crippen LogP contribution is -2.38. The summed E-state index contributed by atoms with van der Waals surface area (Å²) in [6.07, 6.45) is 12.4. The minimum Gasteiger partial charge on any atom is -0.322 e. The summed E-state index contributed by atoms with van der Waals surface area (Å²) in [6, 6.07) is 3.00. The van der Waals surface area contributed by atoms with Crippen molar-refractivity contribution in [3.63, 3.8) is 0 Å². The Balaban J connectivity index is 1.47. The van der Waals surface area contributed by atoms with Crippen LogP contribution in [0.3, 0.4) is 0 Å². The van der Waals surface area contributed by atoms with Gasteiger partial charge in [-0.05, 0) is 50.3 Å². The van der Waals surface area contributed by atoms with Crippen molar-refractivity contribution in [2.75, 3.05) is 32.7 Å². The molecule has 1 aliphatic heterocycles. The normalized spacial score (nSPS) is 20.2. The Kier molecular flexibility index (Phi) is 7.94. The van der Waals surface area contributed by atoms with Crippen LogP contribution in [0.25, 0.3) is 11.0 Å². The lowest BCUT2D eigenvalue weighted by atomic mass is 9.90. The number of fused-ring (bicyclic) bond motifs is 1. The highest BCUT2D eigenvalue weighted by Gasteiger charge is 2.27. The predicted octanol–water partition coefficient (Wildman–Crippen LogP) is 5.46. The molecule has 4 rings (SSSR count). The molecule has 0 atom stereocenters. The topological polar surface area (TPSA) is 33.1 Å². The van der Waals surface area contributed by atoms with Gasteiger partial charge in [-0.3, -0.25) is 0 Å². The van der Waals surface area contributed by atoms with E-state index in [0.29, 0.717) is 11.0 Å². The van der Waals surface area contributed by atoms with Crippen LogP contribution < -0.4 is 5.32 Å². The van der Waals surface area contributed by atoms with Crippen LogP contribution in [0.2, 0.25) is 0 Å². The molecule has 0 spiro atoms. The molecule has 0 unspecified atom stereocenters. The molecule has 172 valence electrons. The molecule has 0 amide bonds. The number of rotatable bonds is 7. The zero-order chi connectivity index (χ0) is 21.6. The minimum absolute atomic E-state index is 0.187. The third-order valence-electron chi connectivity index (χ3n) is 7.26. The summed E-state index contributed by atoms with van der Waals surface area (Å²) in [5.41, 5.74) is 0.923. The number of likely N-dealkylation sites (tertiary alicyclic amines) is 1. The fraction of sp³-hybridized carbons (Fsp3) is 0.720. The first-order valence-corrected chi connectivity index (χ1v) is 12.4. The fourth-order valence-corrected chi connectivity index (χ4v) is 5.57. The number of nitrogens with zero attached hydrogens (tertiary/aromatic N) is 3. The Morgan fingerprint density at radius 1 is 1.00 bits per heavy atom. The summed E-state index contributed by atoms with van der Waals surface area (Å²) in [5, 5.41) is 3.33. The molecule has 1 aromatic carbocycles. The van der Waals surface area contributed by atoms with Gasteiger partial charge in [0.15, 0.2) is 11.6 Å². The Hall–Kier alpha value is -1.53. The molecule has 1 N–H and O–H groups in total. The summed E-state index contributed by atoms with van der Waals surface area (Å²) in [4.78, 5) is 7.30. The van der Waals surface area contributed by atoms with Gasteiger partial charge in [0, 0.05) is 38.6 Å². The van der Waals surface area contributed by atoms with E-state index in [-0.39, 0.29) is 6.04 Å². The SMILES string of the molecule is CCNCCc1nc2ccc(F)c(F)c2n1C1CCN(CC2CCCCCCC2)CC1. The van der Waals surface area contributed by atoms with Crippen molar-refractivity contribution in [3.05, 3.63) is 29.6 Å². The van der Waals surface area contributed by atoms with Crippen LogP contribution in [0.4, 0.5) is 8.78 Å². The van der Waals surface area contributed by atoms with Gasteiger partial charge in [0.2, 0.25) is 0 Å². The number of benzene rings is 1. The van der Waals surface area contributed by atoms with Gasteiger partial charge in [-0.1, -0.05) is 39.0 Å². The molecule has 4 nitrogen and oxygen atoms in total. The van der Waals surface area contributed by atoms with Crippen molar-refractivity contribution in [2.24, 2.45) is 5.92 Å². The molecule has 0 bridgehead atoms. The highest BCUT2D eigenvalue weighted by Crippen LogP contribution is 2.32. The average molecular weight is 433 g/mol. The van der Waals surface area contributed by atoms with E-state index in [1.807, 2.05) is 4.57 Å². The minimum atomic E-state index is -0.784. The largest absolute Gasteiger partial charge is 0.322 e. The lowest BCUT2D eigenvalue weighted by molar-refractivity contribution is 0.152. The van der Waals surface area contributed by atoms with Crippen LogP contribution >= 0.6 is 0 Å². The van der Waals surface area contributed by atoms with Crippen molar-refractivity contribution >= 4 is 11.0 Å². The van der Waals surface area contributed by atoms with Gasteiger partial charge in [0.1, 0.15) is 11.3 Å². The highest BCUT2D eigenvalue weighted by molar-refractivity contribution is 5.77. The van der Waals surface area contributed by atoms with Gasteiger partial charge >= 0.3 is 0 Å². The van der Waals surface area contributed by atoms with Crippen LogP contribution in [-0.2, 0) is 6.42 Å². The molecule has 0 radical (unpaired) electrons. The van der Waals surface area contributed by atoms with Gasteiger partial charge in [0.05, 0.1) is 5.52 Å². The fourth-order valence-electron chi connectivity index (χ4n) is 5.57. The molecule has 1 aliphatic carbocycles. The highest BCUT2D eigenvalue weighted by atomic mass is 19.2. The zero-order valence-corrected chi connectivity index (χ0v) is 19.0. The Labute approximate surface area is 185 Å². The summed E-state index contributed by atoms with van der Waals surface area (Å²) in [5.74, 6) is 0.164. The molecule has 1 aromatic heterocycles. The average Bonchev–Trinajstić information content (AvgIpc) is 3.12. The van der Waals surface area contributed by atoms with E-state index in [1.54, 1.807) is 6.07 Å². The van der Waals surface area contributed by atoms with Gasteiger partial charge in [0.25, 0.3) is 0 Å². The van der Waals surface area contributed by atoms with Gasteiger partial charge < -0.3 is 14.8 Å². The monoisotopic (exact) mass is 432 g/mol. The number of aromatic nitrogens is 2. The Bertz CT molecular complexity index is 834. The van der Waals surface area contributed by atoms with E-state index in [0.717, 1.165) is 57.2 Å². The number of halogens is 2. The summed E-state index contributed by atoms with van der Waals surface area (Å²) in [6.45, 7) is 7.03. The summed E-state index contributed by atoms with van der Waals surface area (Å²) < 4.78 is 30.9. The maximum Gasteiger partial charge on any atom is 0.184 e. The van der Waals surface area contributed by atoms with Crippen molar-refractivity contribution in [2.45, 2.75) is 77.2 Å². The molecule has 1 saturated carbocycles. The first-order valence-electron chi connectivity index (χ1n) is 12.4. The lowest BCUT2D eigenvalue weighted by Gasteiger charge is -2.36. The molecule has 2 heterocycles. The van der Waals surface area contributed by atoms with Crippen LogP contribution in [0.1, 0.15) is 76.6 Å². The van der Waals surface area contributed by atoms with Crippen LogP contribution in [-0.4, -0.2) is 47.2 Å². The Morgan fingerprint density at radius 3 is 2.42 bits per heavy atom. The number of imidazole rings is 1. The first kappa shape index (κ1) is 22.7. The molecule has 2 aliphatic rings. The van der Waals surface area contributed by atoms with Crippen LogP contribution in [0.15, 0.2) is 12.1 Å². The second-order valence-corrected chi connectivity index (χ2v) is 9.47. The van der Waals surface area contributed by atoms with E-state index in [9.17, 15) is 8.78 Å². The number of hydrogen-bond donors (Lipinski definition) is 1. The van der Waals surface area contributed by atoms with Gasteiger partial charge in [-0.25, -0.2) is 13.8 Å². The third-order valence-corrected chi connectivity index (χ3v) is 7.26. The van der Waals surface area contributed by atoms with E-state index in [1.165, 1.54) is 57.6 Å². The maximum absolute atomic E-state index is 14.8. The van der Waals surface area contributed by atoms with Crippen LogP contribution in [0.5, 0.6) is 0 Å². The quantitative estimate of drug-likeness (QED) is 0.590. The molecule has 31 heavy (non-hydrogen) atoms. The standard InChI is InChI=1S/C25H38F2N4/c1-2-28-15-12-23-29-22-11-10-21(26)24(27)25(22)31(23)20-13-16-30(17-14-20)18-19-8-6-4-3-5-7-9-19/h10-11,19-20,28H,2-9,12-18H2,1H3. The summed E-state index contributed by atoms with van der Waals surface area (Å²) >= 11 is 0. The van der Waals surface area contributed by atoms with Gasteiger partial charge in [-0.15, -0.1) is 0 Å². The number of hydrogen-bond acceptors (Lipinski definition) is 3. The second-order valence-electron chi connectivity index (χ2n) is 9.47. The Morgan fingerprint density at radius 2 is 1.71 bits per heavy atom. The van der Waals surface area contributed by atoms with Crippen molar-refractivity contribution in [1.29, 1.82) is 0 Å².